The van der Waals surface area contributed by atoms with E-state index in [9.17, 15) is 9.59 Å². The van der Waals surface area contributed by atoms with Crippen molar-refractivity contribution in [3.8, 4) is 0 Å². The largest absolute Gasteiger partial charge is 0.481 e. The van der Waals surface area contributed by atoms with Crippen LogP contribution in [0.1, 0.15) is 12.0 Å². The Morgan fingerprint density at radius 2 is 1.94 bits per heavy atom. The van der Waals surface area contributed by atoms with Gasteiger partial charge in [-0.15, -0.1) is 0 Å². The second-order valence-corrected chi connectivity index (χ2v) is 5.26. The van der Waals surface area contributed by atoms with E-state index >= 15 is 0 Å². The minimum atomic E-state index is -0.940. The van der Waals surface area contributed by atoms with Crippen molar-refractivity contribution in [3.05, 3.63) is 32.7 Å². The summed E-state index contributed by atoms with van der Waals surface area (Å²) in [6, 6.07) is 5.27. The molecule has 0 unspecified atom stereocenters. The molecule has 1 aromatic carbocycles. The Hall–Kier alpha value is -1.08. The molecule has 5 nitrogen and oxygen atoms in total. The molecule has 3 N–H and O–H groups in total. The highest BCUT2D eigenvalue weighted by Crippen LogP contribution is 2.21. The molecule has 0 bridgehead atoms. The number of urea groups is 1. The Labute approximate surface area is 121 Å². The number of carbonyl (C=O) groups excluding carboxylic acids is 1. The zero-order chi connectivity index (χ0) is 13.5. The molecule has 2 amide bonds. The molecule has 0 atom stereocenters. The fourth-order valence-corrected chi connectivity index (χ4v) is 2.00. The van der Waals surface area contributed by atoms with Crippen molar-refractivity contribution in [1.29, 1.82) is 0 Å². The van der Waals surface area contributed by atoms with Crippen LogP contribution in [0, 0.1) is 0 Å². The van der Waals surface area contributed by atoms with E-state index < -0.39 is 5.97 Å². The lowest BCUT2D eigenvalue weighted by Gasteiger charge is -2.08. The zero-order valence-corrected chi connectivity index (χ0v) is 12.5. The molecule has 1 rings (SSSR count). The molecule has 0 spiro atoms. The van der Waals surface area contributed by atoms with E-state index in [1.54, 1.807) is 0 Å². The van der Waals surface area contributed by atoms with Crippen molar-refractivity contribution in [2.24, 2.45) is 0 Å². The number of carbonyl (C=O) groups is 2. The summed E-state index contributed by atoms with van der Waals surface area (Å²) < 4.78 is 1.82. The van der Waals surface area contributed by atoms with E-state index in [1.807, 2.05) is 18.2 Å². The number of aliphatic carboxylic acids is 1. The maximum atomic E-state index is 11.4. The lowest BCUT2D eigenvalue weighted by molar-refractivity contribution is -0.136. The summed E-state index contributed by atoms with van der Waals surface area (Å²) in [6.07, 6.45) is -0.0893. The van der Waals surface area contributed by atoms with Gasteiger partial charge in [-0.05, 0) is 23.8 Å². The van der Waals surface area contributed by atoms with Crippen molar-refractivity contribution < 1.29 is 14.7 Å². The summed E-state index contributed by atoms with van der Waals surface area (Å²) in [5.74, 6) is -0.940. The molecule has 0 aliphatic rings. The summed E-state index contributed by atoms with van der Waals surface area (Å²) >= 11 is 6.73. The van der Waals surface area contributed by atoms with E-state index in [4.69, 9.17) is 5.11 Å². The Bertz CT molecular complexity index is 452. The SMILES string of the molecule is O=C(O)CCNC(=O)NCc1cc(Br)ccc1Br. The Kier molecular flexibility index (Phi) is 6.14. The van der Waals surface area contributed by atoms with Crippen molar-refractivity contribution >= 4 is 43.9 Å². The van der Waals surface area contributed by atoms with Crippen LogP contribution < -0.4 is 10.6 Å². The summed E-state index contributed by atoms with van der Waals surface area (Å²) in [5, 5.41) is 13.5. The highest BCUT2D eigenvalue weighted by molar-refractivity contribution is 9.11. The van der Waals surface area contributed by atoms with Gasteiger partial charge >= 0.3 is 12.0 Å². The van der Waals surface area contributed by atoms with Crippen molar-refractivity contribution in [1.82, 2.24) is 10.6 Å². The van der Waals surface area contributed by atoms with Gasteiger partial charge in [-0.1, -0.05) is 31.9 Å². The fraction of sp³-hybridized carbons (Fsp3) is 0.273. The zero-order valence-electron chi connectivity index (χ0n) is 9.37. The number of halogens is 2. The van der Waals surface area contributed by atoms with Gasteiger partial charge in [-0.2, -0.15) is 0 Å². The fourth-order valence-electron chi connectivity index (χ4n) is 1.20. The molecule has 0 heterocycles. The highest BCUT2D eigenvalue weighted by atomic mass is 79.9. The number of benzene rings is 1. The summed E-state index contributed by atoms with van der Waals surface area (Å²) in [4.78, 5) is 21.6. The first-order chi connectivity index (χ1) is 8.49. The molecule has 98 valence electrons. The molecule has 0 saturated carbocycles. The lowest BCUT2D eigenvalue weighted by atomic mass is 10.2. The van der Waals surface area contributed by atoms with Crippen molar-refractivity contribution in [2.45, 2.75) is 13.0 Å². The normalized spacial score (nSPS) is 9.89. The van der Waals surface area contributed by atoms with Crippen LogP contribution in [0.4, 0.5) is 4.79 Å². The molecule has 0 radical (unpaired) electrons. The molecule has 18 heavy (non-hydrogen) atoms. The second kappa shape index (κ2) is 7.38. The smallest absolute Gasteiger partial charge is 0.315 e. The van der Waals surface area contributed by atoms with Gasteiger partial charge in [-0.25, -0.2) is 4.79 Å². The highest BCUT2D eigenvalue weighted by Gasteiger charge is 2.04. The first-order valence-corrected chi connectivity index (χ1v) is 6.75. The minimum absolute atomic E-state index is 0.0893. The number of hydrogen-bond acceptors (Lipinski definition) is 2. The third-order valence-corrected chi connectivity index (χ3v) is 3.34. The van der Waals surface area contributed by atoms with Crippen LogP contribution >= 0.6 is 31.9 Å². The Balaban J connectivity index is 2.38. The van der Waals surface area contributed by atoms with Crippen LogP contribution in [0.25, 0.3) is 0 Å². The van der Waals surface area contributed by atoms with Gasteiger partial charge in [0.15, 0.2) is 0 Å². The van der Waals surface area contributed by atoms with Gasteiger partial charge in [0, 0.05) is 22.0 Å². The number of carboxylic acid groups (broad SMARTS) is 1. The lowest BCUT2D eigenvalue weighted by Crippen LogP contribution is -2.36. The summed E-state index contributed by atoms with van der Waals surface area (Å²) in [5.41, 5.74) is 0.928. The maximum absolute atomic E-state index is 11.4. The molecular weight excluding hydrogens is 368 g/mol. The molecular formula is C11H12Br2N2O3. The van der Waals surface area contributed by atoms with Gasteiger partial charge in [0.25, 0.3) is 0 Å². The van der Waals surface area contributed by atoms with Gasteiger partial charge in [0.05, 0.1) is 6.42 Å². The van der Waals surface area contributed by atoms with E-state index in [1.165, 1.54) is 0 Å². The van der Waals surface area contributed by atoms with E-state index in [-0.39, 0.29) is 19.0 Å². The van der Waals surface area contributed by atoms with E-state index in [0.29, 0.717) is 6.54 Å². The Morgan fingerprint density at radius 3 is 2.61 bits per heavy atom. The van der Waals surface area contributed by atoms with Gasteiger partial charge in [-0.3, -0.25) is 4.79 Å². The quantitative estimate of drug-likeness (QED) is 0.735. The first-order valence-electron chi connectivity index (χ1n) is 5.16. The topological polar surface area (TPSA) is 78.4 Å². The summed E-state index contributed by atoms with van der Waals surface area (Å²) in [6.45, 7) is 0.472. The maximum Gasteiger partial charge on any atom is 0.315 e. The first kappa shape index (κ1) is 15.0. The average molecular weight is 380 g/mol. The summed E-state index contributed by atoms with van der Waals surface area (Å²) in [7, 11) is 0. The molecule has 0 aliphatic carbocycles. The van der Waals surface area contributed by atoms with Crippen LogP contribution in [-0.4, -0.2) is 23.7 Å². The van der Waals surface area contributed by atoms with Gasteiger partial charge in [0.1, 0.15) is 0 Å². The molecule has 0 saturated heterocycles. The molecule has 0 fully saturated rings. The van der Waals surface area contributed by atoms with Crippen molar-refractivity contribution in [3.63, 3.8) is 0 Å². The predicted molar refractivity (Wildman–Crippen MR) is 74.3 cm³/mol. The Morgan fingerprint density at radius 1 is 1.22 bits per heavy atom. The number of hydrogen-bond donors (Lipinski definition) is 3. The molecule has 0 aliphatic heterocycles. The van der Waals surface area contributed by atoms with Crippen LogP contribution in [0.3, 0.4) is 0 Å². The minimum Gasteiger partial charge on any atom is -0.481 e. The third-order valence-electron chi connectivity index (χ3n) is 2.07. The van der Waals surface area contributed by atoms with Gasteiger partial charge in [0.2, 0.25) is 0 Å². The third kappa shape index (κ3) is 5.50. The van der Waals surface area contributed by atoms with E-state index in [2.05, 4.69) is 42.5 Å². The number of amides is 2. The number of carboxylic acids is 1. The molecule has 7 heteroatoms. The van der Waals surface area contributed by atoms with Crippen LogP contribution in [0.2, 0.25) is 0 Å². The van der Waals surface area contributed by atoms with Crippen LogP contribution in [0.15, 0.2) is 27.1 Å². The number of rotatable bonds is 5. The monoisotopic (exact) mass is 378 g/mol. The van der Waals surface area contributed by atoms with Crippen LogP contribution in [-0.2, 0) is 11.3 Å². The van der Waals surface area contributed by atoms with Crippen LogP contribution in [0.5, 0.6) is 0 Å². The van der Waals surface area contributed by atoms with Crippen molar-refractivity contribution in [2.75, 3.05) is 6.54 Å². The molecule has 1 aromatic rings. The standard InChI is InChI=1S/C11H12Br2N2O3/c12-8-1-2-9(13)7(5-8)6-15-11(18)14-4-3-10(16)17/h1-2,5H,3-4,6H2,(H,16,17)(H2,14,15,18). The van der Waals surface area contributed by atoms with Gasteiger partial charge < -0.3 is 15.7 Å². The molecule has 0 aromatic heterocycles. The van der Waals surface area contributed by atoms with E-state index in [0.717, 1.165) is 14.5 Å². The second-order valence-electron chi connectivity index (χ2n) is 3.49. The number of nitrogens with one attached hydrogen (secondary N) is 2. The predicted octanol–water partition coefficient (Wildman–Crippen LogP) is 2.49. The average Bonchev–Trinajstić information content (AvgIpc) is 2.30.